The smallest absolute Gasteiger partial charge is 0.271 e. The molecule has 0 saturated carbocycles. The summed E-state index contributed by atoms with van der Waals surface area (Å²) in [6, 6.07) is 8.44. The predicted octanol–water partition coefficient (Wildman–Crippen LogP) is 3.18. The molecule has 24 heavy (non-hydrogen) atoms. The molecule has 2 aromatic rings. The molecule has 0 aliphatic heterocycles. The van der Waals surface area contributed by atoms with E-state index in [2.05, 4.69) is 20.8 Å². The Bertz CT molecular complexity index is 775. The van der Waals surface area contributed by atoms with Crippen LogP contribution in [0.4, 0.5) is 5.69 Å². The Labute approximate surface area is 144 Å². The van der Waals surface area contributed by atoms with Gasteiger partial charge in [-0.2, -0.15) is 5.10 Å². The van der Waals surface area contributed by atoms with Crippen LogP contribution < -0.4 is 10.7 Å². The number of carbonyl (C=O) groups excluding carboxylic acids is 2. The molecule has 1 heterocycles. The number of nitrogens with one attached hydrogen (secondary N) is 2. The fraction of sp³-hybridized carbons (Fsp3) is 0.176. The number of hydrazone groups is 1. The Morgan fingerprint density at radius 3 is 2.58 bits per heavy atom. The Balaban J connectivity index is 1.88. The molecule has 0 unspecified atom stereocenters. The minimum atomic E-state index is -0.359. The third kappa shape index (κ3) is 5.17. The molecule has 1 aromatic carbocycles. The van der Waals surface area contributed by atoms with Gasteiger partial charge in [-0.15, -0.1) is 0 Å². The molecular formula is C17H17ClN4O2. The Kier molecular flexibility index (Phi) is 6.03. The molecule has 0 aliphatic carbocycles. The van der Waals surface area contributed by atoms with Gasteiger partial charge in [0.05, 0.1) is 6.42 Å². The van der Waals surface area contributed by atoms with Crippen LogP contribution in [0.1, 0.15) is 29.3 Å². The van der Waals surface area contributed by atoms with Crippen molar-refractivity contribution in [2.24, 2.45) is 5.10 Å². The highest BCUT2D eigenvalue weighted by atomic mass is 35.5. The van der Waals surface area contributed by atoms with Crippen molar-refractivity contribution in [3.63, 3.8) is 0 Å². The number of anilines is 1. The standard InChI is InChI=1S/C17H17ClN4O2/c1-11-3-4-14(10-15(11)18)20-16(23)9-12(2)21-22-17(24)13-5-7-19-8-6-13/h3-8,10H,9H2,1-2H3,(H,20,23)(H,22,24). The van der Waals surface area contributed by atoms with E-state index < -0.39 is 0 Å². The summed E-state index contributed by atoms with van der Waals surface area (Å²) in [7, 11) is 0. The van der Waals surface area contributed by atoms with Gasteiger partial charge in [-0.25, -0.2) is 5.43 Å². The molecule has 0 radical (unpaired) electrons. The van der Waals surface area contributed by atoms with Crippen molar-refractivity contribution < 1.29 is 9.59 Å². The second kappa shape index (κ2) is 8.21. The van der Waals surface area contributed by atoms with Gasteiger partial charge in [0.15, 0.2) is 0 Å². The summed E-state index contributed by atoms with van der Waals surface area (Å²) in [5, 5.41) is 7.24. The van der Waals surface area contributed by atoms with Crippen LogP contribution in [0.2, 0.25) is 5.02 Å². The SMILES string of the molecule is CC(CC(=O)Nc1ccc(C)c(Cl)c1)=NNC(=O)c1ccncc1. The van der Waals surface area contributed by atoms with Crippen LogP contribution in [0.5, 0.6) is 0 Å². The first kappa shape index (κ1) is 17.6. The van der Waals surface area contributed by atoms with E-state index in [1.165, 1.54) is 12.4 Å². The van der Waals surface area contributed by atoms with Gasteiger partial charge in [0, 0.05) is 34.4 Å². The van der Waals surface area contributed by atoms with Crippen molar-refractivity contribution in [3.05, 3.63) is 58.9 Å². The highest BCUT2D eigenvalue weighted by molar-refractivity contribution is 6.31. The normalized spacial score (nSPS) is 11.0. The highest BCUT2D eigenvalue weighted by Crippen LogP contribution is 2.20. The van der Waals surface area contributed by atoms with E-state index in [0.29, 0.717) is 22.0 Å². The van der Waals surface area contributed by atoms with Crippen molar-refractivity contribution in [2.75, 3.05) is 5.32 Å². The molecule has 2 amide bonds. The van der Waals surface area contributed by atoms with E-state index in [0.717, 1.165) is 5.56 Å². The number of halogens is 1. The van der Waals surface area contributed by atoms with Gasteiger partial charge >= 0.3 is 0 Å². The minimum Gasteiger partial charge on any atom is -0.326 e. The van der Waals surface area contributed by atoms with Crippen LogP contribution in [0, 0.1) is 6.92 Å². The zero-order valence-corrected chi connectivity index (χ0v) is 14.1. The van der Waals surface area contributed by atoms with E-state index in [9.17, 15) is 9.59 Å². The van der Waals surface area contributed by atoms with E-state index in [4.69, 9.17) is 11.6 Å². The topological polar surface area (TPSA) is 83.5 Å². The summed E-state index contributed by atoms with van der Waals surface area (Å²) in [5.74, 6) is -0.600. The summed E-state index contributed by atoms with van der Waals surface area (Å²) < 4.78 is 0. The van der Waals surface area contributed by atoms with Gasteiger partial charge in [0.1, 0.15) is 0 Å². The fourth-order valence-electron chi connectivity index (χ4n) is 1.86. The number of carbonyl (C=O) groups is 2. The lowest BCUT2D eigenvalue weighted by atomic mass is 10.2. The maximum atomic E-state index is 12.0. The Morgan fingerprint density at radius 1 is 1.21 bits per heavy atom. The van der Waals surface area contributed by atoms with Gasteiger partial charge in [-0.3, -0.25) is 14.6 Å². The summed E-state index contributed by atoms with van der Waals surface area (Å²) in [4.78, 5) is 27.6. The lowest BCUT2D eigenvalue weighted by molar-refractivity contribution is -0.115. The van der Waals surface area contributed by atoms with Crippen molar-refractivity contribution in [1.82, 2.24) is 10.4 Å². The second-order valence-electron chi connectivity index (χ2n) is 5.21. The number of aryl methyl sites for hydroxylation is 1. The van der Waals surface area contributed by atoms with Crippen molar-refractivity contribution in [2.45, 2.75) is 20.3 Å². The molecule has 0 spiro atoms. The molecule has 0 fully saturated rings. The van der Waals surface area contributed by atoms with Crippen LogP contribution in [-0.2, 0) is 4.79 Å². The van der Waals surface area contributed by atoms with Crippen LogP contribution in [0.15, 0.2) is 47.8 Å². The number of amides is 2. The lowest BCUT2D eigenvalue weighted by Gasteiger charge is -2.07. The molecule has 124 valence electrons. The average molecular weight is 345 g/mol. The molecule has 0 atom stereocenters. The minimum absolute atomic E-state index is 0.0577. The zero-order chi connectivity index (χ0) is 17.5. The maximum absolute atomic E-state index is 12.0. The number of hydrogen-bond donors (Lipinski definition) is 2. The van der Waals surface area contributed by atoms with Gasteiger partial charge in [0.25, 0.3) is 5.91 Å². The van der Waals surface area contributed by atoms with Crippen LogP contribution in [0.3, 0.4) is 0 Å². The molecule has 7 heteroatoms. The molecule has 6 nitrogen and oxygen atoms in total. The second-order valence-corrected chi connectivity index (χ2v) is 5.62. The van der Waals surface area contributed by atoms with E-state index in [1.807, 2.05) is 13.0 Å². The average Bonchev–Trinajstić information content (AvgIpc) is 2.56. The van der Waals surface area contributed by atoms with Gasteiger partial charge in [-0.05, 0) is 43.7 Å². The summed E-state index contributed by atoms with van der Waals surface area (Å²) in [6.45, 7) is 3.55. The summed E-state index contributed by atoms with van der Waals surface area (Å²) in [6.07, 6.45) is 3.10. The zero-order valence-electron chi connectivity index (χ0n) is 13.3. The summed E-state index contributed by atoms with van der Waals surface area (Å²) in [5.41, 5.74) is 4.88. The number of nitrogens with zero attached hydrogens (tertiary/aromatic N) is 2. The van der Waals surface area contributed by atoms with E-state index in [-0.39, 0.29) is 18.2 Å². The number of rotatable bonds is 5. The van der Waals surface area contributed by atoms with Crippen molar-refractivity contribution >= 4 is 34.8 Å². The van der Waals surface area contributed by atoms with Crippen LogP contribution in [0.25, 0.3) is 0 Å². The van der Waals surface area contributed by atoms with Gasteiger partial charge < -0.3 is 5.32 Å². The molecule has 1 aromatic heterocycles. The Hall–Kier alpha value is -2.73. The molecule has 0 aliphatic rings. The molecule has 2 N–H and O–H groups in total. The number of aromatic nitrogens is 1. The third-order valence-electron chi connectivity index (χ3n) is 3.16. The molecular weight excluding hydrogens is 328 g/mol. The molecule has 0 bridgehead atoms. The first-order valence-corrected chi connectivity index (χ1v) is 7.63. The monoisotopic (exact) mass is 344 g/mol. The Morgan fingerprint density at radius 2 is 1.92 bits per heavy atom. The van der Waals surface area contributed by atoms with Crippen LogP contribution >= 0.6 is 11.6 Å². The van der Waals surface area contributed by atoms with Crippen molar-refractivity contribution in [3.8, 4) is 0 Å². The lowest BCUT2D eigenvalue weighted by Crippen LogP contribution is -2.21. The third-order valence-corrected chi connectivity index (χ3v) is 3.57. The quantitative estimate of drug-likeness (QED) is 0.645. The number of hydrogen-bond acceptors (Lipinski definition) is 4. The van der Waals surface area contributed by atoms with Crippen LogP contribution in [-0.4, -0.2) is 22.5 Å². The highest BCUT2D eigenvalue weighted by Gasteiger charge is 2.07. The van der Waals surface area contributed by atoms with E-state index in [1.54, 1.807) is 31.2 Å². The number of pyridine rings is 1. The fourth-order valence-corrected chi connectivity index (χ4v) is 2.04. The van der Waals surface area contributed by atoms with Crippen molar-refractivity contribution in [1.29, 1.82) is 0 Å². The maximum Gasteiger partial charge on any atom is 0.271 e. The number of benzene rings is 1. The summed E-state index contributed by atoms with van der Waals surface area (Å²) >= 11 is 6.02. The first-order valence-electron chi connectivity index (χ1n) is 7.25. The van der Waals surface area contributed by atoms with E-state index >= 15 is 0 Å². The first-order chi connectivity index (χ1) is 11.5. The predicted molar refractivity (Wildman–Crippen MR) is 94.2 cm³/mol. The van der Waals surface area contributed by atoms with Gasteiger partial charge in [-0.1, -0.05) is 17.7 Å². The largest absolute Gasteiger partial charge is 0.326 e. The molecule has 0 saturated heterocycles. The molecule has 2 rings (SSSR count). The van der Waals surface area contributed by atoms with Gasteiger partial charge in [0.2, 0.25) is 5.91 Å².